The first-order valence-electron chi connectivity index (χ1n) is 13.6. The van der Waals surface area contributed by atoms with Gasteiger partial charge in [-0.05, 0) is 64.3 Å². The molecule has 2 aromatic rings. The van der Waals surface area contributed by atoms with Crippen molar-refractivity contribution in [2.75, 3.05) is 32.7 Å². The Morgan fingerprint density at radius 3 is 2.56 bits per heavy atom. The number of rotatable bonds is 3. The van der Waals surface area contributed by atoms with Gasteiger partial charge in [0.1, 0.15) is 0 Å². The number of H-pyrrole nitrogens is 1. The molecular formula is C29H40N4O3. The number of amides is 2. The molecule has 194 valence electrons. The van der Waals surface area contributed by atoms with Gasteiger partial charge >= 0.3 is 12.0 Å². The number of para-hydroxylation sites is 1. The number of hydrogen-bond donors (Lipinski definition) is 1. The van der Waals surface area contributed by atoms with E-state index in [2.05, 4.69) is 29.8 Å². The van der Waals surface area contributed by atoms with Crippen LogP contribution < -0.4 is 0 Å². The first kappa shape index (κ1) is 24.9. The van der Waals surface area contributed by atoms with E-state index in [9.17, 15) is 9.59 Å². The van der Waals surface area contributed by atoms with Crippen LogP contribution in [0.1, 0.15) is 71.1 Å². The number of nitrogens with zero attached hydrogens (tertiary/aromatic N) is 3. The molecule has 2 saturated heterocycles. The number of urea groups is 1. The number of benzene rings is 1. The number of carbonyl (C=O) groups excluding carboxylic acids is 2. The molecule has 36 heavy (non-hydrogen) atoms. The molecule has 4 heterocycles. The molecule has 0 saturated carbocycles. The van der Waals surface area contributed by atoms with Gasteiger partial charge in [0.05, 0.1) is 17.4 Å². The lowest BCUT2D eigenvalue weighted by Gasteiger charge is -2.42. The van der Waals surface area contributed by atoms with E-state index < -0.39 is 5.97 Å². The highest BCUT2D eigenvalue weighted by molar-refractivity contribution is 6.18. The van der Waals surface area contributed by atoms with Gasteiger partial charge < -0.3 is 14.6 Å². The minimum absolute atomic E-state index is 0.0194. The summed E-state index contributed by atoms with van der Waals surface area (Å²) in [5.41, 5.74) is 2.85. The van der Waals surface area contributed by atoms with Crippen molar-refractivity contribution in [1.82, 2.24) is 19.7 Å². The highest BCUT2D eigenvalue weighted by atomic mass is 16.5. The Morgan fingerprint density at radius 1 is 1.06 bits per heavy atom. The van der Waals surface area contributed by atoms with Crippen LogP contribution in [0.25, 0.3) is 16.5 Å². The van der Waals surface area contributed by atoms with E-state index in [4.69, 9.17) is 4.74 Å². The SMILES string of the molecule is CC(C)OC(=O)C1=CN(C(=O)N2CCC[C@@H](N3CCCCC3)C2)CC(C)(C)c2c1[nH]c1ccccc21. The summed E-state index contributed by atoms with van der Waals surface area (Å²) in [5.74, 6) is -0.404. The van der Waals surface area contributed by atoms with E-state index in [1.807, 2.05) is 36.9 Å². The number of nitrogens with one attached hydrogen (secondary N) is 1. The Labute approximate surface area is 214 Å². The predicted molar refractivity (Wildman–Crippen MR) is 143 cm³/mol. The molecule has 5 rings (SSSR count). The van der Waals surface area contributed by atoms with Crippen molar-refractivity contribution in [3.8, 4) is 0 Å². The van der Waals surface area contributed by atoms with Crippen molar-refractivity contribution in [1.29, 1.82) is 0 Å². The molecule has 0 radical (unpaired) electrons. The third-order valence-corrected chi connectivity index (χ3v) is 7.89. The summed E-state index contributed by atoms with van der Waals surface area (Å²) in [5, 5.41) is 1.08. The van der Waals surface area contributed by atoms with Gasteiger partial charge in [-0.3, -0.25) is 9.80 Å². The van der Waals surface area contributed by atoms with E-state index in [0.29, 0.717) is 18.2 Å². The Bertz CT molecular complexity index is 1160. The summed E-state index contributed by atoms with van der Waals surface area (Å²) >= 11 is 0. The normalized spacial score (nSPS) is 22.8. The van der Waals surface area contributed by atoms with Crippen molar-refractivity contribution < 1.29 is 14.3 Å². The Kier molecular flexibility index (Phi) is 6.86. The standard InChI is InChI=1S/C29H40N4O3/c1-20(2)36-27(34)23-18-33(19-29(3,4)25-22-12-6-7-13-24(22)30-26(23)25)28(35)32-16-10-11-21(17-32)31-14-8-5-9-15-31/h6-7,12-13,18,20-21,30H,5,8-11,14-17,19H2,1-4H3/t21-/m1/s1. The highest BCUT2D eigenvalue weighted by Gasteiger charge is 2.39. The number of aromatic amines is 1. The number of hydrogen-bond acceptors (Lipinski definition) is 4. The van der Waals surface area contributed by atoms with Gasteiger partial charge in [0, 0.05) is 48.2 Å². The second-order valence-corrected chi connectivity index (χ2v) is 11.6. The highest BCUT2D eigenvalue weighted by Crippen LogP contribution is 2.40. The smallest absolute Gasteiger partial charge is 0.342 e. The minimum Gasteiger partial charge on any atom is -0.459 e. The summed E-state index contributed by atoms with van der Waals surface area (Å²) in [6.07, 6.45) is 7.46. The average molecular weight is 493 g/mol. The number of carbonyl (C=O) groups is 2. The second-order valence-electron chi connectivity index (χ2n) is 11.6. The number of fused-ring (bicyclic) bond motifs is 3. The monoisotopic (exact) mass is 492 g/mol. The van der Waals surface area contributed by atoms with Gasteiger partial charge in [-0.15, -0.1) is 0 Å². The zero-order valence-corrected chi connectivity index (χ0v) is 22.2. The van der Waals surface area contributed by atoms with Crippen LogP contribution in [0.5, 0.6) is 0 Å². The molecule has 0 bridgehead atoms. The van der Waals surface area contributed by atoms with Crippen molar-refractivity contribution in [2.24, 2.45) is 0 Å². The molecule has 0 unspecified atom stereocenters. The van der Waals surface area contributed by atoms with Crippen LogP contribution in [-0.2, 0) is 14.9 Å². The molecule has 0 aliphatic carbocycles. The first-order chi connectivity index (χ1) is 17.2. The van der Waals surface area contributed by atoms with Gasteiger partial charge in [-0.25, -0.2) is 9.59 Å². The number of aromatic nitrogens is 1. The summed E-state index contributed by atoms with van der Waals surface area (Å²) in [7, 11) is 0. The quantitative estimate of drug-likeness (QED) is 0.604. The van der Waals surface area contributed by atoms with Crippen LogP contribution in [0, 0.1) is 0 Å². The largest absolute Gasteiger partial charge is 0.459 e. The number of ether oxygens (including phenoxy) is 1. The Hall–Kier alpha value is -2.80. The van der Waals surface area contributed by atoms with Crippen LogP contribution >= 0.6 is 0 Å². The number of likely N-dealkylation sites (tertiary alicyclic amines) is 2. The third kappa shape index (κ3) is 4.77. The molecule has 2 fully saturated rings. The van der Waals surface area contributed by atoms with E-state index in [0.717, 1.165) is 61.2 Å². The Balaban J connectivity index is 1.49. The van der Waals surface area contributed by atoms with Crippen LogP contribution in [0.2, 0.25) is 0 Å². The molecule has 1 N–H and O–H groups in total. The fourth-order valence-corrected chi connectivity index (χ4v) is 6.26. The molecule has 7 heteroatoms. The van der Waals surface area contributed by atoms with E-state index in [1.165, 1.54) is 19.3 Å². The molecular weight excluding hydrogens is 452 g/mol. The molecule has 3 aliphatic rings. The zero-order valence-electron chi connectivity index (χ0n) is 22.2. The first-order valence-corrected chi connectivity index (χ1v) is 13.6. The van der Waals surface area contributed by atoms with Gasteiger partial charge in [-0.1, -0.05) is 38.5 Å². The summed E-state index contributed by atoms with van der Waals surface area (Å²) < 4.78 is 5.65. The summed E-state index contributed by atoms with van der Waals surface area (Å²) in [6, 6.07) is 8.53. The summed E-state index contributed by atoms with van der Waals surface area (Å²) in [6.45, 7) is 12.3. The maximum Gasteiger partial charge on any atom is 0.342 e. The van der Waals surface area contributed by atoms with Crippen molar-refractivity contribution >= 4 is 28.5 Å². The fourth-order valence-electron chi connectivity index (χ4n) is 6.26. The van der Waals surface area contributed by atoms with Gasteiger partial charge in [0.25, 0.3) is 0 Å². The van der Waals surface area contributed by atoms with E-state index >= 15 is 0 Å². The topological polar surface area (TPSA) is 68.9 Å². The zero-order chi connectivity index (χ0) is 25.4. The predicted octanol–water partition coefficient (Wildman–Crippen LogP) is 5.12. The lowest BCUT2D eigenvalue weighted by atomic mass is 9.82. The molecule has 1 aromatic heterocycles. The maximum absolute atomic E-state index is 14.0. The van der Waals surface area contributed by atoms with Crippen LogP contribution in [-0.4, -0.2) is 76.6 Å². The van der Waals surface area contributed by atoms with Crippen LogP contribution in [0.15, 0.2) is 30.5 Å². The summed E-state index contributed by atoms with van der Waals surface area (Å²) in [4.78, 5) is 37.1. The van der Waals surface area contributed by atoms with Gasteiger partial charge in [0.2, 0.25) is 0 Å². The molecule has 1 atom stereocenters. The van der Waals surface area contributed by atoms with E-state index in [-0.39, 0.29) is 17.6 Å². The molecule has 2 amide bonds. The molecule has 1 aromatic carbocycles. The van der Waals surface area contributed by atoms with Crippen molar-refractivity contribution in [3.63, 3.8) is 0 Å². The molecule has 0 spiro atoms. The van der Waals surface area contributed by atoms with Gasteiger partial charge in [0.15, 0.2) is 0 Å². The molecule has 7 nitrogen and oxygen atoms in total. The van der Waals surface area contributed by atoms with Gasteiger partial charge in [-0.2, -0.15) is 0 Å². The van der Waals surface area contributed by atoms with E-state index in [1.54, 1.807) is 11.1 Å². The second kappa shape index (κ2) is 9.92. The van der Waals surface area contributed by atoms with Crippen LogP contribution in [0.3, 0.4) is 0 Å². The maximum atomic E-state index is 14.0. The lowest BCUT2D eigenvalue weighted by Crippen LogP contribution is -2.54. The average Bonchev–Trinajstić information content (AvgIpc) is 3.21. The van der Waals surface area contributed by atoms with Crippen molar-refractivity contribution in [3.05, 3.63) is 41.7 Å². The fraction of sp³-hybridized carbons (Fsp3) is 0.586. The van der Waals surface area contributed by atoms with Crippen LogP contribution in [0.4, 0.5) is 4.79 Å². The third-order valence-electron chi connectivity index (χ3n) is 7.89. The van der Waals surface area contributed by atoms with Crippen molar-refractivity contribution in [2.45, 2.75) is 77.4 Å². The minimum atomic E-state index is -0.404. The number of piperidine rings is 2. The Morgan fingerprint density at radius 2 is 1.81 bits per heavy atom. The number of esters is 1. The molecule has 3 aliphatic heterocycles. The lowest BCUT2D eigenvalue weighted by molar-refractivity contribution is -0.140.